The van der Waals surface area contributed by atoms with Crippen LogP contribution in [-0.2, 0) is 19.1 Å². The average Bonchev–Trinajstić information content (AvgIpc) is 3.03. The van der Waals surface area contributed by atoms with Crippen molar-refractivity contribution in [3.05, 3.63) is 11.6 Å². The summed E-state index contributed by atoms with van der Waals surface area (Å²) in [7, 11) is 0. The number of allylic oxidation sites excluding steroid dienone is 1. The Hall–Kier alpha value is -1.49. The lowest BCUT2D eigenvalue weighted by Crippen LogP contribution is -2.51. The van der Waals surface area contributed by atoms with Crippen molar-refractivity contribution in [2.75, 3.05) is 13.2 Å². The van der Waals surface area contributed by atoms with Crippen molar-refractivity contribution in [3.8, 4) is 0 Å². The van der Waals surface area contributed by atoms with Crippen LogP contribution in [0.2, 0.25) is 0 Å². The molecule has 0 saturated heterocycles. The number of carbonyl (C=O) groups is 3. The monoisotopic (exact) mass is 388 g/mol. The van der Waals surface area contributed by atoms with Crippen LogP contribution in [0.5, 0.6) is 0 Å². The molecule has 0 aromatic heterocycles. The first-order chi connectivity index (χ1) is 13.3. The molecule has 5 nitrogen and oxygen atoms in total. The zero-order valence-corrected chi connectivity index (χ0v) is 17.0. The largest absolute Gasteiger partial charge is 0.456 e. The van der Waals surface area contributed by atoms with E-state index in [1.54, 1.807) is 0 Å². The maximum absolute atomic E-state index is 12.8. The van der Waals surface area contributed by atoms with E-state index in [0.717, 1.165) is 44.9 Å². The number of aliphatic hydroxyl groups excluding tert-OH is 1. The first-order valence-corrected chi connectivity index (χ1v) is 10.8. The van der Waals surface area contributed by atoms with Gasteiger partial charge in [0.2, 0.25) is 0 Å². The highest BCUT2D eigenvalue weighted by molar-refractivity contribution is 5.91. The Morgan fingerprint density at radius 2 is 1.89 bits per heavy atom. The molecule has 0 aliphatic heterocycles. The van der Waals surface area contributed by atoms with Gasteiger partial charge in [0.1, 0.15) is 13.2 Å². The Balaban J connectivity index is 1.52. The predicted octanol–water partition coefficient (Wildman–Crippen LogP) is 3.24. The van der Waals surface area contributed by atoms with E-state index >= 15 is 0 Å². The molecule has 4 aliphatic carbocycles. The molecule has 0 heterocycles. The van der Waals surface area contributed by atoms with Crippen molar-refractivity contribution in [1.82, 2.24) is 0 Å². The molecule has 3 fully saturated rings. The second-order valence-electron chi connectivity index (χ2n) is 9.93. The van der Waals surface area contributed by atoms with Gasteiger partial charge in [0.25, 0.3) is 0 Å². The third-order valence-electron chi connectivity index (χ3n) is 8.86. The Kier molecular flexibility index (Phi) is 5.01. The number of Topliss-reactive ketones (excluding diaryl/α,β-unsaturated/α-hetero) is 1. The SMILES string of the molecule is C[C@]12CC[C@H]3[C@@H](CCC4=CC(=O)CC[C@@]43C)[C@@H]1CC[C@@H]2C(=O)COC(=O)CO. The number of hydrogen-bond donors (Lipinski definition) is 1. The number of rotatable bonds is 4. The highest BCUT2D eigenvalue weighted by Crippen LogP contribution is 2.66. The number of ketones is 2. The van der Waals surface area contributed by atoms with Crippen LogP contribution in [-0.4, -0.2) is 35.9 Å². The predicted molar refractivity (Wildman–Crippen MR) is 103 cm³/mol. The van der Waals surface area contributed by atoms with Crippen LogP contribution < -0.4 is 0 Å². The van der Waals surface area contributed by atoms with Crippen LogP contribution in [0.3, 0.4) is 0 Å². The molecule has 0 amide bonds. The summed E-state index contributed by atoms with van der Waals surface area (Å²) < 4.78 is 4.92. The van der Waals surface area contributed by atoms with E-state index in [2.05, 4.69) is 13.8 Å². The molecule has 0 spiro atoms. The van der Waals surface area contributed by atoms with E-state index in [1.165, 1.54) is 5.57 Å². The van der Waals surface area contributed by atoms with E-state index in [1.807, 2.05) is 6.08 Å². The molecule has 154 valence electrons. The van der Waals surface area contributed by atoms with E-state index in [9.17, 15) is 14.4 Å². The van der Waals surface area contributed by atoms with Crippen LogP contribution in [0.15, 0.2) is 11.6 Å². The Bertz CT molecular complexity index is 725. The summed E-state index contributed by atoms with van der Waals surface area (Å²) in [5.41, 5.74) is 1.50. The molecule has 6 atom stereocenters. The molecule has 28 heavy (non-hydrogen) atoms. The fourth-order valence-electron chi connectivity index (χ4n) is 7.39. The van der Waals surface area contributed by atoms with Crippen LogP contribution in [0.1, 0.15) is 65.2 Å². The normalized spacial score (nSPS) is 42.1. The van der Waals surface area contributed by atoms with Gasteiger partial charge in [-0.05, 0) is 79.6 Å². The minimum atomic E-state index is -0.733. The van der Waals surface area contributed by atoms with Gasteiger partial charge in [-0.15, -0.1) is 0 Å². The summed E-state index contributed by atoms with van der Waals surface area (Å²) in [4.78, 5) is 36.0. The summed E-state index contributed by atoms with van der Waals surface area (Å²) in [6.45, 7) is 3.75. The molecule has 5 heteroatoms. The first kappa shape index (κ1) is 19.8. The van der Waals surface area contributed by atoms with Crippen LogP contribution >= 0.6 is 0 Å². The summed E-state index contributed by atoms with van der Waals surface area (Å²) in [6, 6.07) is 0. The van der Waals surface area contributed by atoms with Crippen LogP contribution in [0, 0.1) is 34.5 Å². The molecule has 3 saturated carbocycles. The summed E-state index contributed by atoms with van der Waals surface area (Å²) in [6.07, 6.45) is 9.80. The molecule has 4 rings (SSSR count). The van der Waals surface area contributed by atoms with Crippen molar-refractivity contribution in [3.63, 3.8) is 0 Å². The van der Waals surface area contributed by atoms with Crippen molar-refractivity contribution in [1.29, 1.82) is 0 Å². The second kappa shape index (κ2) is 7.08. The van der Waals surface area contributed by atoms with Gasteiger partial charge in [-0.1, -0.05) is 19.4 Å². The fraction of sp³-hybridized carbons (Fsp3) is 0.783. The van der Waals surface area contributed by atoms with Gasteiger partial charge in [0.15, 0.2) is 11.6 Å². The number of aliphatic hydroxyl groups is 1. The molecule has 0 radical (unpaired) electrons. The number of carbonyl (C=O) groups excluding carboxylic acids is 3. The summed E-state index contributed by atoms with van der Waals surface area (Å²) in [5, 5.41) is 8.80. The van der Waals surface area contributed by atoms with Gasteiger partial charge in [0.05, 0.1) is 0 Å². The molecule has 0 bridgehead atoms. The number of hydrogen-bond acceptors (Lipinski definition) is 5. The number of fused-ring (bicyclic) bond motifs is 5. The van der Waals surface area contributed by atoms with Gasteiger partial charge in [-0.3, -0.25) is 9.59 Å². The average molecular weight is 389 g/mol. The summed E-state index contributed by atoms with van der Waals surface area (Å²) in [5.74, 6) is 1.27. The van der Waals surface area contributed by atoms with Crippen LogP contribution in [0.25, 0.3) is 0 Å². The fourth-order valence-corrected chi connectivity index (χ4v) is 7.39. The van der Waals surface area contributed by atoms with Crippen LogP contribution in [0.4, 0.5) is 0 Å². The van der Waals surface area contributed by atoms with Crippen molar-refractivity contribution in [2.24, 2.45) is 34.5 Å². The Morgan fingerprint density at radius 1 is 1.11 bits per heavy atom. The van der Waals surface area contributed by atoms with E-state index in [4.69, 9.17) is 9.84 Å². The molecular formula is C23H32O5. The Morgan fingerprint density at radius 3 is 2.64 bits per heavy atom. The highest BCUT2D eigenvalue weighted by Gasteiger charge is 2.60. The number of esters is 1. The maximum atomic E-state index is 12.8. The molecule has 0 unspecified atom stereocenters. The molecule has 1 N–H and O–H groups in total. The van der Waals surface area contributed by atoms with Gasteiger partial charge in [-0.25, -0.2) is 4.79 Å². The summed E-state index contributed by atoms with van der Waals surface area (Å²) >= 11 is 0. The maximum Gasteiger partial charge on any atom is 0.332 e. The molecular weight excluding hydrogens is 356 g/mol. The van der Waals surface area contributed by atoms with E-state index in [-0.39, 0.29) is 34.9 Å². The zero-order chi connectivity index (χ0) is 20.1. The smallest absolute Gasteiger partial charge is 0.332 e. The van der Waals surface area contributed by atoms with Crippen molar-refractivity contribution in [2.45, 2.75) is 65.2 Å². The first-order valence-electron chi connectivity index (χ1n) is 10.8. The van der Waals surface area contributed by atoms with Gasteiger partial charge < -0.3 is 9.84 Å². The van der Waals surface area contributed by atoms with Gasteiger partial charge in [0, 0.05) is 12.3 Å². The van der Waals surface area contributed by atoms with Crippen molar-refractivity contribution < 1.29 is 24.2 Å². The standard InChI is InChI=1S/C23H32O5/c1-22-9-7-15(25)11-14(22)3-4-16-17-5-6-19(20(26)13-28-21(27)12-24)23(17,2)10-8-18(16)22/h11,16-19,24H,3-10,12-13H2,1-2H3/t16-,17-,18-,19+,22-,23-/m0/s1. The molecule has 0 aromatic rings. The van der Waals surface area contributed by atoms with E-state index < -0.39 is 12.6 Å². The highest BCUT2D eigenvalue weighted by atomic mass is 16.5. The quantitative estimate of drug-likeness (QED) is 0.748. The van der Waals surface area contributed by atoms with Crippen molar-refractivity contribution >= 4 is 17.5 Å². The third-order valence-corrected chi connectivity index (χ3v) is 8.86. The number of ether oxygens (including phenoxy) is 1. The van der Waals surface area contributed by atoms with Gasteiger partial charge in [-0.2, -0.15) is 0 Å². The second-order valence-corrected chi connectivity index (χ2v) is 9.93. The lowest BCUT2D eigenvalue weighted by molar-refractivity contribution is -0.153. The minimum absolute atomic E-state index is 0.0103. The van der Waals surface area contributed by atoms with E-state index in [0.29, 0.717) is 24.2 Å². The van der Waals surface area contributed by atoms with Gasteiger partial charge >= 0.3 is 5.97 Å². The minimum Gasteiger partial charge on any atom is -0.456 e. The topological polar surface area (TPSA) is 80.7 Å². The lowest BCUT2D eigenvalue weighted by atomic mass is 9.46. The lowest BCUT2D eigenvalue weighted by Gasteiger charge is -2.58. The zero-order valence-electron chi connectivity index (χ0n) is 17.0. The molecule has 0 aromatic carbocycles. The third kappa shape index (κ3) is 2.97. The molecule has 4 aliphatic rings. The Labute approximate surface area is 166 Å².